The largest absolute Gasteiger partial charge is 0.314 e. The molecule has 0 aliphatic carbocycles. The summed E-state index contributed by atoms with van der Waals surface area (Å²) in [6, 6.07) is 26.2. The third kappa shape index (κ3) is 4.11. The van der Waals surface area contributed by atoms with Crippen molar-refractivity contribution in [2.24, 2.45) is 0 Å². The van der Waals surface area contributed by atoms with Gasteiger partial charge in [0.2, 0.25) is 0 Å². The molecule has 0 fully saturated rings. The van der Waals surface area contributed by atoms with E-state index in [1.165, 1.54) is 0 Å². The summed E-state index contributed by atoms with van der Waals surface area (Å²) in [7, 11) is -6.67. The molecular formula is C24H29NO3P2. The van der Waals surface area contributed by atoms with Gasteiger partial charge in [-0.2, -0.15) is 0 Å². The molecule has 1 atom stereocenters. The Balaban J connectivity index is 2.35. The van der Waals surface area contributed by atoms with Gasteiger partial charge in [0.05, 0.1) is 11.9 Å². The fourth-order valence-electron chi connectivity index (χ4n) is 3.75. The van der Waals surface area contributed by atoms with Crippen molar-refractivity contribution in [2.45, 2.75) is 20.8 Å². The van der Waals surface area contributed by atoms with E-state index in [9.17, 15) is 9.13 Å². The summed E-state index contributed by atoms with van der Waals surface area (Å²) in [4.78, 5) is 0. The van der Waals surface area contributed by atoms with Gasteiger partial charge in [-0.05, 0) is 19.1 Å². The van der Waals surface area contributed by atoms with Gasteiger partial charge < -0.3 is 9.09 Å². The third-order valence-corrected chi connectivity index (χ3v) is 11.4. The van der Waals surface area contributed by atoms with E-state index in [4.69, 9.17) is 4.52 Å². The number of rotatable bonds is 9. The van der Waals surface area contributed by atoms with Crippen molar-refractivity contribution in [1.82, 2.24) is 4.67 Å². The molecule has 0 radical (unpaired) electrons. The molecule has 0 saturated carbocycles. The van der Waals surface area contributed by atoms with Crippen LogP contribution in [0.3, 0.4) is 0 Å². The first-order chi connectivity index (χ1) is 14.5. The summed E-state index contributed by atoms with van der Waals surface area (Å²) < 4.78 is 37.0. The molecule has 158 valence electrons. The zero-order valence-corrected chi connectivity index (χ0v) is 19.6. The normalized spacial score (nSPS) is 13.9. The summed E-state index contributed by atoms with van der Waals surface area (Å²) in [5.41, 5.74) is 0. The standard InChI is InChI=1S/C24H29NO3P2/c1-4-25(5-2)30(27,28-6-3)24-20-14-13-19-23(24)29(26,21-15-9-7-10-16-21)22-17-11-8-12-18-22/h7-20H,4-6H2,1-3H3. The lowest BCUT2D eigenvalue weighted by Gasteiger charge is -2.32. The summed E-state index contributed by atoms with van der Waals surface area (Å²) in [5, 5.41) is 2.52. The van der Waals surface area contributed by atoms with Crippen molar-refractivity contribution in [3.05, 3.63) is 84.9 Å². The van der Waals surface area contributed by atoms with E-state index in [1.807, 2.05) is 110 Å². The third-order valence-electron chi connectivity index (χ3n) is 5.17. The zero-order chi connectivity index (χ0) is 21.6. The van der Waals surface area contributed by atoms with Crippen LogP contribution in [0.1, 0.15) is 20.8 Å². The van der Waals surface area contributed by atoms with Crippen molar-refractivity contribution in [2.75, 3.05) is 19.7 Å². The van der Waals surface area contributed by atoms with E-state index in [2.05, 4.69) is 0 Å². The Morgan fingerprint density at radius 2 is 1.10 bits per heavy atom. The highest BCUT2D eigenvalue weighted by atomic mass is 31.2. The van der Waals surface area contributed by atoms with Crippen LogP contribution >= 0.6 is 14.7 Å². The number of hydrogen-bond acceptors (Lipinski definition) is 3. The van der Waals surface area contributed by atoms with Crippen LogP contribution in [-0.4, -0.2) is 24.4 Å². The smallest absolute Gasteiger partial charge is 0.303 e. The van der Waals surface area contributed by atoms with Crippen LogP contribution in [-0.2, 0) is 13.7 Å². The lowest BCUT2D eigenvalue weighted by Crippen LogP contribution is -2.38. The van der Waals surface area contributed by atoms with Crippen LogP contribution in [0.15, 0.2) is 84.9 Å². The van der Waals surface area contributed by atoms with Crippen molar-refractivity contribution in [3.8, 4) is 0 Å². The molecule has 0 amide bonds. The Kier molecular flexibility index (Phi) is 7.50. The maximum atomic E-state index is 14.9. The second kappa shape index (κ2) is 9.90. The van der Waals surface area contributed by atoms with Gasteiger partial charge in [0, 0.05) is 29.0 Å². The summed E-state index contributed by atoms with van der Waals surface area (Å²) >= 11 is 0. The van der Waals surface area contributed by atoms with E-state index in [1.54, 1.807) is 0 Å². The van der Waals surface area contributed by atoms with Crippen LogP contribution in [0, 0.1) is 0 Å². The Labute approximate surface area is 179 Å². The minimum Gasteiger partial charge on any atom is -0.314 e. The van der Waals surface area contributed by atoms with Gasteiger partial charge in [0.15, 0.2) is 7.14 Å². The second-order valence-electron chi connectivity index (χ2n) is 6.85. The zero-order valence-electron chi connectivity index (χ0n) is 17.8. The second-order valence-corrected chi connectivity index (χ2v) is 11.9. The predicted molar refractivity (Wildman–Crippen MR) is 128 cm³/mol. The highest BCUT2D eigenvalue weighted by Crippen LogP contribution is 2.52. The average Bonchev–Trinajstić information content (AvgIpc) is 2.80. The molecule has 0 aliphatic heterocycles. The lowest BCUT2D eigenvalue weighted by atomic mass is 10.3. The van der Waals surface area contributed by atoms with Gasteiger partial charge in [-0.1, -0.05) is 86.6 Å². The van der Waals surface area contributed by atoms with E-state index in [0.29, 0.717) is 40.9 Å². The van der Waals surface area contributed by atoms with Crippen LogP contribution in [0.4, 0.5) is 0 Å². The molecule has 0 aliphatic rings. The molecule has 0 aromatic heterocycles. The fraction of sp³-hybridized carbons (Fsp3) is 0.250. The molecule has 3 rings (SSSR count). The first-order valence-electron chi connectivity index (χ1n) is 10.3. The first kappa shape index (κ1) is 22.7. The molecular weight excluding hydrogens is 412 g/mol. The monoisotopic (exact) mass is 441 g/mol. The first-order valence-corrected chi connectivity index (χ1v) is 13.6. The van der Waals surface area contributed by atoms with E-state index < -0.39 is 14.7 Å². The molecule has 3 aromatic carbocycles. The number of benzene rings is 3. The van der Waals surface area contributed by atoms with Gasteiger partial charge in [-0.25, -0.2) is 4.67 Å². The van der Waals surface area contributed by atoms with Crippen LogP contribution < -0.4 is 21.2 Å². The van der Waals surface area contributed by atoms with Crippen molar-refractivity contribution < 1.29 is 13.7 Å². The molecule has 3 aromatic rings. The minimum atomic E-state index is -3.40. The maximum Gasteiger partial charge on any atom is 0.303 e. The van der Waals surface area contributed by atoms with E-state index in [-0.39, 0.29) is 0 Å². The highest BCUT2D eigenvalue weighted by Gasteiger charge is 2.40. The Hall–Kier alpha value is -1.96. The Morgan fingerprint density at radius 3 is 1.53 bits per heavy atom. The van der Waals surface area contributed by atoms with Crippen LogP contribution in [0.2, 0.25) is 0 Å². The Bertz CT molecular complexity index is 1010. The topological polar surface area (TPSA) is 46.6 Å². The molecule has 30 heavy (non-hydrogen) atoms. The lowest BCUT2D eigenvalue weighted by molar-refractivity contribution is 0.287. The highest BCUT2D eigenvalue weighted by molar-refractivity contribution is 7.87. The predicted octanol–water partition coefficient (Wildman–Crippen LogP) is 4.52. The Morgan fingerprint density at radius 1 is 0.667 bits per heavy atom. The van der Waals surface area contributed by atoms with Crippen molar-refractivity contribution >= 4 is 35.9 Å². The molecule has 0 N–H and O–H groups in total. The quantitative estimate of drug-likeness (QED) is 0.458. The van der Waals surface area contributed by atoms with Gasteiger partial charge in [0.1, 0.15) is 0 Å². The number of nitrogens with zero attached hydrogens (tertiary/aromatic N) is 1. The van der Waals surface area contributed by atoms with Crippen molar-refractivity contribution in [1.29, 1.82) is 0 Å². The molecule has 0 heterocycles. The SMILES string of the molecule is CCOP(=O)(c1ccccc1P(=O)(c1ccccc1)c1ccccc1)N(CC)CC. The molecule has 4 nitrogen and oxygen atoms in total. The summed E-state index contributed by atoms with van der Waals surface area (Å²) in [6.45, 7) is 7.22. The van der Waals surface area contributed by atoms with E-state index >= 15 is 0 Å². The molecule has 0 bridgehead atoms. The summed E-state index contributed by atoms with van der Waals surface area (Å²) in [6.07, 6.45) is 0. The minimum absolute atomic E-state index is 0.309. The summed E-state index contributed by atoms with van der Waals surface area (Å²) in [5.74, 6) is 0. The van der Waals surface area contributed by atoms with Gasteiger partial charge >= 0.3 is 7.52 Å². The fourth-order valence-corrected chi connectivity index (χ4v) is 9.62. The maximum absolute atomic E-state index is 14.9. The van der Waals surface area contributed by atoms with Gasteiger partial charge in [0.25, 0.3) is 0 Å². The van der Waals surface area contributed by atoms with Crippen molar-refractivity contribution in [3.63, 3.8) is 0 Å². The van der Waals surface area contributed by atoms with Crippen LogP contribution in [0.5, 0.6) is 0 Å². The molecule has 1 unspecified atom stereocenters. The van der Waals surface area contributed by atoms with Gasteiger partial charge in [-0.3, -0.25) is 4.57 Å². The number of hydrogen-bond donors (Lipinski definition) is 0. The average molecular weight is 441 g/mol. The molecule has 6 heteroatoms. The van der Waals surface area contributed by atoms with E-state index in [0.717, 1.165) is 0 Å². The molecule has 0 saturated heterocycles. The van der Waals surface area contributed by atoms with Gasteiger partial charge in [-0.15, -0.1) is 0 Å². The van der Waals surface area contributed by atoms with Crippen LogP contribution in [0.25, 0.3) is 0 Å². The molecule has 0 spiro atoms.